The lowest BCUT2D eigenvalue weighted by molar-refractivity contribution is -0.161. The second kappa shape index (κ2) is 3.52. The predicted octanol–water partition coefficient (Wildman–Crippen LogP) is -2.57. The van der Waals surface area contributed by atoms with Gasteiger partial charge in [0.2, 0.25) is 0 Å². The van der Waals surface area contributed by atoms with Crippen LogP contribution < -0.4 is 5.32 Å². The maximum atomic E-state index is 10.8. The molecule has 1 rings (SSSR count). The SMILES string of the molecule is O=C(O)C1(C(=O)O)C=NC(C(=O)O)(C(=O)O)N1. The monoisotopic (exact) mass is 246 g/mol. The zero-order chi connectivity index (χ0) is 13.4. The zero-order valence-corrected chi connectivity index (χ0v) is 7.95. The van der Waals surface area contributed by atoms with Gasteiger partial charge >= 0.3 is 29.5 Å². The molecule has 0 unspecified atom stereocenters. The van der Waals surface area contributed by atoms with Crippen molar-refractivity contribution in [2.75, 3.05) is 0 Å². The van der Waals surface area contributed by atoms with E-state index < -0.39 is 35.1 Å². The Balaban J connectivity index is 3.31. The number of carboxylic acids is 4. The van der Waals surface area contributed by atoms with E-state index in [1.54, 1.807) is 0 Å². The van der Waals surface area contributed by atoms with E-state index in [9.17, 15) is 19.2 Å². The average molecular weight is 246 g/mol. The van der Waals surface area contributed by atoms with Crippen LogP contribution in [0.5, 0.6) is 0 Å². The Morgan fingerprint density at radius 3 is 1.47 bits per heavy atom. The molecule has 1 aliphatic heterocycles. The summed E-state index contributed by atoms with van der Waals surface area (Å²) in [6, 6.07) is 0. The first-order valence-corrected chi connectivity index (χ1v) is 3.98. The molecule has 0 amide bonds. The van der Waals surface area contributed by atoms with Gasteiger partial charge in [-0.05, 0) is 0 Å². The van der Waals surface area contributed by atoms with Crippen molar-refractivity contribution in [1.29, 1.82) is 0 Å². The maximum absolute atomic E-state index is 10.8. The van der Waals surface area contributed by atoms with Crippen molar-refractivity contribution in [2.24, 2.45) is 4.99 Å². The lowest BCUT2D eigenvalue weighted by atomic mass is 10.0. The molecule has 0 radical (unpaired) electrons. The molecule has 10 heteroatoms. The summed E-state index contributed by atoms with van der Waals surface area (Å²) >= 11 is 0. The fourth-order valence-electron chi connectivity index (χ4n) is 1.16. The Kier molecular flexibility index (Phi) is 2.60. The van der Waals surface area contributed by atoms with Gasteiger partial charge in [0, 0.05) is 6.21 Å². The van der Waals surface area contributed by atoms with E-state index in [2.05, 4.69) is 4.99 Å². The lowest BCUT2D eigenvalue weighted by Crippen LogP contribution is -2.66. The largest absolute Gasteiger partial charge is 0.479 e. The summed E-state index contributed by atoms with van der Waals surface area (Å²) in [6.45, 7) is 0. The van der Waals surface area contributed by atoms with Crippen molar-refractivity contribution < 1.29 is 39.6 Å². The molecule has 1 heterocycles. The van der Waals surface area contributed by atoms with Gasteiger partial charge in [0.25, 0.3) is 5.54 Å². The summed E-state index contributed by atoms with van der Waals surface area (Å²) in [5, 5.41) is 36.3. The molecule has 1 aliphatic rings. The molecule has 17 heavy (non-hydrogen) atoms. The quantitative estimate of drug-likeness (QED) is 0.334. The summed E-state index contributed by atoms with van der Waals surface area (Å²) in [4.78, 5) is 46.0. The highest BCUT2D eigenvalue weighted by Gasteiger charge is 2.62. The van der Waals surface area contributed by atoms with Crippen LogP contribution in [0.4, 0.5) is 0 Å². The first kappa shape index (κ1) is 12.6. The van der Waals surface area contributed by atoms with Crippen LogP contribution in [0.1, 0.15) is 0 Å². The van der Waals surface area contributed by atoms with E-state index in [1.165, 1.54) is 5.32 Å². The fourth-order valence-corrected chi connectivity index (χ4v) is 1.16. The number of rotatable bonds is 4. The Morgan fingerprint density at radius 2 is 1.29 bits per heavy atom. The highest BCUT2D eigenvalue weighted by atomic mass is 16.4. The molecule has 0 saturated carbocycles. The van der Waals surface area contributed by atoms with Crippen LogP contribution in [0.15, 0.2) is 4.99 Å². The zero-order valence-electron chi connectivity index (χ0n) is 7.95. The van der Waals surface area contributed by atoms with Crippen LogP contribution >= 0.6 is 0 Å². The van der Waals surface area contributed by atoms with E-state index >= 15 is 0 Å². The third kappa shape index (κ3) is 1.50. The predicted molar refractivity (Wildman–Crippen MR) is 47.6 cm³/mol. The minimum atomic E-state index is -3.02. The molecule has 0 saturated heterocycles. The normalized spacial score (nSPS) is 19.8. The molecule has 92 valence electrons. The Labute approximate surface area is 92.2 Å². The fraction of sp³-hybridized carbons (Fsp3) is 0.286. The van der Waals surface area contributed by atoms with Crippen LogP contribution in [0.2, 0.25) is 0 Å². The van der Waals surface area contributed by atoms with E-state index in [0.717, 1.165) is 0 Å². The number of carboxylic acid groups (broad SMARTS) is 4. The van der Waals surface area contributed by atoms with Crippen molar-refractivity contribution in [3.05, 3.63) is 0 Å². The molecule has 0 atom stereocenters. The smallest absolute Gasteiger partial charge is 0.358 e. The lowest BCUT2D eigenvalue weighted by Gasteiger charge is -2.22. The van der Waals surface area contributed by atoms with Crippen LogP contribution in [0.25, 0.3) is 0 Å². The summed E-state index contributed by atoms with van der Waals surface area (Å²) < 4.78 is 0. The van der Waals surface area contributed by atoms with Crippen LogP contribution in [0, 0.1) is 0 Å². The standard InChI is InChI=1S/C7H6N2O8/c10-2(11)6(3(12)13)1-8-7(9-6,4(14)15)5(16)17/h1,9H,(H,10,11)(H,12,13)(H,14,15)(H,16,17). The molecule has 0 aromatic carbocycles. The number of hydrogen-bond donors (Lipinski definition) is 5. The topological polar surface area (TPSA) is 174 Å². The maximum Gasteiger partial charge on any atom is 0.358 e. The second-order valence-corrected chi connectivity index (χ2v) is 3.12. The van der Waals surface area contributed by atoms with Crippen molar-refractivity contribution in [2.45, 2.75) is 11.2 Å². The van der Waals surface area contributed by atoms with Gasteiger partial charge in [-0.3, -0.25) is 0 Å². The Hall–Kier alpha value is -2.49. The molecule has 0 fully saturated rings. The number of carbonyl (C=O) groups is 4. The number of aliphatic carboxylic acids is 4. The summed E-state index contributed by atoms with van der Waals surface area (Å²) in [5.74, 6) is -7.99. The molecule has 0 aromatic rings. The van der Waals surface area contributed by atoms with E-state index in [4.69, 9.17) is 20.4 Å². The first-order valence-electron chi connectivity index (χ1n) is 3.98. The number of hydrogen-bond acceptors (Lipinski definition) is 6. The van der Waals surface area contributed by atoms with Gasteiger partial charge in [-0.2, -0.15) is 0 Å². The van der Waals surface area contributed by atoms with Crippen LogP contribution in [0.3, 0.4) is 0 Å². The van der Waals surface area contributed by atoms with Crippen molar-refractivity contribution >= 4 is 30.1 Å². The van der Waals surface area contributed by atoms with Gasteiger partial charge in [0.1, 0.15) is 0 Å². The van der Waals surface area contributed by atoms with Gasteiger partial charge in [0.15, 0.2) is 0 Å². The number of nitrogens with zero attached hydrogens (tertiary/aromatic N) is 1. The van der Waals surface area contributed by atoms with Crippen LogP contribution in [-0.4, -0.2) is 61.7 Å². The van der Waals surface area contributed by atoms with Crippen molar-refractivity contribution in [1.82, 2.24) is 5.32 Å². The number of nitrogens with one attached hydrogen (secondary N) is 1. The van der Waals surface area contributed by atoms with Gasteiger partial charge in [-0.25, -0.2) is 29.5 Å². The molecular formula is C7H6N2O8. The molecule has 0 aliphatic carbocycles. The van der Waals surface area contributed by atoms with Crippen molar-refractivity contribution in [3.63, 3.8) is 0 Å². The third-order valence-electron chi connectivity index (χ3n) is 2.12. The highest BCUT2D eigenvalue weighted by molar-refractivity contribution is 6.23. The highest BCUT2D eigenvalue weighted by Crippen LogP contribution is 2.21. The van der Waals surface area contributed by atoms with Gasteiger partial charge < -0.3 is 20.4 Å². The number of aliphatic imine (C=N–C) groups is 1. The summed E-state index contributed by atoms with van der Waals surface area (Å²) in [6.07, 6.45) is 0.236. The average Bonchev–Trinajstić information content (AvgIpc) is 2.59. The molecular weight excluding hydrogens is 240 g/mol. The van der Waals surface area contributed by atoms with E-state index in [-0.39, 0.29) is 6.21 Å². The van der Waals surface area contributed by atoms with Gasteiger partial charge in [-0.1, -0.05) is 0 Å². The Bertz CT molecular complexity index is 385. The van der Waals surface area contributed by atoms with E-state index in [0.29, 0.717) is 0 Å². The molecule has 0 spiro atoms. The van der Waals surface area contributed by atoms with Gasteiger partial charge in [0.05, 0.1) is 0 Å². The Morgan fingerprint density at radius 1 is 0.882 bits per heavy atom. The summed E-state index contributed by atoms with van der Waals surface area (Å²) in [5.41, 5.74) is -5.90. The second-order valence-electron chi connectivity index (χ2n) is 3.12. The van der Waals surface area contributed by atoms with Crippen LogP contribution in [-0.2, 0) is 19.2 Å². The first-order chi connectivity index (χ1) is 7.69. The molecule has 0 bridgehead atoms. The van der Waals surface area contributed by atoms with E-state index in [1.807, 2.05) is 0 Å². The third-order valence-corrected chi connectivity index (χ3v) is 2.12. The molecule has 5 N–H and O–H groups in total. The molecule has 10 nitrogen and oxygen atoms in total. The minimum Gasteiger partial charge on any atom is -0.479 e. The minimum absolute atomic E-state index is 0.236. The molecule has 0 aromatic heterocycles. The van der Waals surface area contributed by atoms with Gasteiger partial charge in [-0.15, -0.1) is 0 Å². The van der Waals surface area contributed by atoms with Crippen molar-refractivity contribution in [3.8, 4) is 0 Å². The summed E-state index contributed by atoms with van der Waals surface area (Å²) in [7, 11) is 0.